The lowest BCUT2D eigenvalue weighted by Crippen LogP contribution is -2.41. The van der Waals surface area contributed by atoms with E-state index >= 15 is 0 Å². The first kappa shape index (κ1) is 23.3. The summed E-state index contributed by atoms with van der Waals surface area (Å²) in [5, 5.41) is 9.02. The Labute approximate surface area is 197 Å². The first-order valence-corrected chi connectivity index (χ1v) is 12.5. The summed E-state index contributed by atoms with van der Waals surface area (Å²) in [4.78, 5) is 12.6. The molecule has 0 unspecified atom stereocenters. The van der Waals surface area contributed by atoms with Crippen molar-refractivity contribution in [3.05, 3.63) is 53.1 Å². The molecule has 0 radical (unpaired) electrons. The largest absolute Gasteiger partial charge is 0.493 e. The number of hydrogen-bond donors (Lipinski definition) is 1. The number of rotatable bonds is 4. The van der Waals surface area contributed by atoms with Crippen molar-refractivity contribution in [3.63, 3.8) is 0 Å². The molecule has 2 aromatic carbocycles. The number of amides is 2. The van der Waals surface area contributed by atoms with Crippen molar-refractivity contribution in [3.8, 4) is 11.5 Å². The monoisotopic (exact) mass is 470 g/mol. The average Bonchev–Trinajstić information content (AvgIpc) is 2.99. The summed E-state index contributed by atoms with van der Waals surface area (Å²) in [6.45, 7) is 3.53. The van der Waals surface area contributed by atoms with Gasteiger partial charge in [-0.3, -0.25) is 0 Å². The third-order valence-corrected chi connectivity index (χ3v) is 7.47. The van der Waals surface area contributed by atoms with E-state index in [2.05, 4.69) is 5.32 Å². The van der Waals surface area contributed by atoms with Gasteiger partial charge in [-0.15, -0.1) is 0 Å². The Hall–Kier alpha value is -2.91. The number of ether oxygens (including phenoxy) is 3. The molecule has 0 saturated carbocycles. The van der Waals surface area contributed by atoms with Crippen LogP contribution in [0, 0.1) is 0 Å². The van der Waals surface area contributed by atoms with Crippen LogP contribution >= 0.6 is 0 Å². The van der Waals surface area contributed by atoms with Crippen LogP contribution < -0.4 is 14.8 Å². The summed E-state index contributed by atoms with van der Waals surface area (Å²) in [7, 11) is 4.86. The van der Waals surface area contributed by atoms with E-state index in [0.29, 0.717) is 23.6 Å². The van der Waals surface area contributed by atoms with E-state index in [1.54, 1.807) is 21.3 Å². The van der Waals surface area contributed by atoms with Crippen molar-refractivity contribution in [2.75, 3.05) is 46.0 Å². The van der Waals surface area contributed by atoms with Gasteiger partial charge in [0.1, 0.15) is 0 Å². The molecule has 33 heavy (non-hydrogen) atoms. The van der Waals surface area contributed by atoms with Crippen LogP contribution in [0.25, 0.3) is 0 Å². The summed E-state index contributed by atoms with van der Waals surface area (Å²) < 4.78 is 21.4. The molecule has 2 aromatic rings. The molecule has 8 nitrogen and oxygen atoms in total. The second-order valence-corrected chi connectivity index (χ2v) is 9.81. The lowest BCUT2D eigenvalue weighted by molar-refractivity contribution is 0.160. The maximum atomic E-state index is 12.6. The summed E-state index contributed by atoms with van der Waals surface area (Å²) in [6, 6.07) is 11.6. The lowest BCUT2D eigenvalue weighted by Gasteiger charge is -2.22. The van der Waals surface area contributed by atoms with Gasteiger partial charge in [0.2, 0.25) is 0 Å². The Morgan fingerprint density at radius 1 is 1.15 bits per heavy atom. The van der Waals surface area contributed by atoms with Gasteiger partial charge < -0.3 is 19.5 Å². The van der Waals surface area contributed by atoms with Gasteiger partial charge in [-0.25, -0.2) is 14.2 Å². The first-order chi connectivity index (χ1) is 16.0. The molecule has 2 aliphatic heterocycles. The van der Waals surface area contributed by atoms with Crippen molar-refractivity contribution in [1.82, 2.24) is 10.3 Å². The van der Waals surface area contributed by atoms with Gasteiger partial charge in [-0.2, -0.15) is 5.10 Å². The van der Waals surface area contributed by atoms with Crippen LogP contribution in [0.1, 0.15) is 23.6 Å². The summed E-state index contributed by atoms with van der Waals surface area (Å²) in [6.07, 6.45) is 0.633. The second-order valence-electron chi connectivity index (χ2n) is 7.89. The molecule has 176 valence electrons. The van der Waals surface area contributed by atoms with Crippen LogP contribution in [0.4, 0.5) is 10.5 Å². The van der Waals surface area contributed by atoms with Crippen molar-refractivity contribution in [1.29, 1.82) is 0 Å². The molecule has 9 heteroatoms. The molecule has 2 heterocycles. The minimum absolute atomic E-state index is 0.00613. The van der Waals surface area contributed by atoms with Gasteiger partial charge in [0.25, 0.3) is 0 Å². The summed E-state index contributed by atoms with van der Waals surface area (Å²) >= 11 is 0. The topological polar surface area (TPSA) is 84.8 Å². The van der Waals surface area contributed by atoms with Gasteiger partial charge in [-0.1, -0.05) is 22.8 Å². The highest BCUT2D eigenvalue weighted by Gasteiger charge is 2.28. The zero-order chi connectivity index (χ0) is 23.4. The summed E-state index contributed by atoms with van der Waals surface area (Å²) in [5.74, 6) is 3.23. The highest BCUT2D eigenvalue weighted by atomic mass is 32.2. The van der Waals surface area contributed by atoms with Crippen molar-refractivity contribution in [2.45, 2.75) is 19.4 Å². The quantitative estimate of drug-likeness (QED) is 0.741. The minimum Gasteiger partial charge on any atom is -0.493 e. The highest BCUT2D eigenvalue weighted by Crippen LogP contribution is 2.34. The number of benzene rings is 2. The third-order valence-electron chi connectivity index (χ3n) is 5.73. The minimum atomic E-state index is -0.251. The molecule has 4 rings (SSSR count). The lowest BCUT2D eigenvalue weighted by atomic mass is 9.94. The Bertz CT molecular complexity index is 1080. The maximum absolute atomic E-state index is 12.6. The average molecular weight is 471 g/mol. The van der Waals surface area contributed by atoms with Crippen LogP contribution in [0.3, 0.4) is 0 Å². The van der Waals surface area contributed by atoms with Crippen LogP contribution in [-0.4, -0.2) is 68.8 Å². The molecule has 1 fully saturated rings. The molecular formula is C24H30N4O4S. The molecule has 0 aromatic heterocycles. The molecular weight excluding hydrogens is 440 g/mol. The van der Waals surface area contributed by atoms with E-state index < -0.39 is 0 Å². The van der Waals surface area contributed by atoms with Gasteiger partial charge in [-0.05, 0) is 43.2 Å². The number of nitrogens with one attached hydrogen (secondary N) is 1. The normalized spacial score (nSPS) is 18.6. The van der Waals surface area contributed by atoms with Crippen molar-refractivity contribution >= 4 is 28.1 Å². The number of hydrogen-bond acceptors (Lipinski definition) is 6. The molecule has 1 atom stereocenters. The van der Waals surface area contributed by atoms with E-state index in [-0.39, 0.29) is 22.8 Å². The SMILES string of the molecule is CNC(=O)N1N=C(c2ccc(N=S3CCOCC3)cc2)c2cc(OC)c(OC)cc2C[C@@H]1C. The number of fused-ring (bicyclic) bond motifs is 1. The molecule has 2 aliphatic rings. The molecule has 0 spiro atoms. The fraction of sp³-hybridized carbons (Fsp3) is 0.417. The van der Waals surface area contributed by atoms with Crippen LogP contribution in [0.2, 0.25) is 0 Å². The van der Waals surface area contributed by atoms with E-state index in [9.17, 15) is 4.79 Å². The Kier molecular flexibility index (Phi) is 7.29. The number of carbonyl (C=O) groups excluding carboxylic acids is 1. The number of methoxy groups -OCH3 is 2. The Morgan fingerprint density at radius 3 is 2.45 bits per heavy atom. The van der Waals surface area contributed by atoms with Gasteiger partial charge >= 0.3 is 6.03 Å². The predicted octanol–water partition coefficient (Wildman–Crippen LogP) is 3.51. The fourth-order valence-corrected chi connectivity index (χ4v) is 5.41. The van der Waals surface area contributed by atoms with E-state index in [1.165, 1.54) is 5.01 Å². The number of carbonyl (C=O) groups is 1. The van der Waals surface area contributed by atoms with Gasteiger partial charge in [0, 0.05) is 29.7 Å². The number of nitrogens with zero attached hydrogens (tertiary/aromatic N) is 3. The standard InChI is InChI=1S/C24H30N4O4S/c1-16-13-18-14-21(30-3)22(31-4)15-20(18)23(26-28(16)24(29)25-2)17-5-7-19(8-6-17)27-33-11-9-32-10-12-33/h5-8,14-16H,9-13H2,1-4H3,(H,25,29)/t16-/m0/s1. The number of urea groups is 1. The molecule has 0 bridgehead atoms. The molecule has 0 aliphatic carbocycles. The van der Waals surface area contributed by atoms with Crippen molar-refractivity contribution in [2.24, 2.45) is 9.46 Å². The smallest absolute Gasteiger partial charge is 0.337 e. The zero-order valence-electron chi connectivity index (χ0n) is 19.5. The number of hydrazone groups is 1. The van der Waals surface area contributed by atoms with Crippen LogP contribution in [-0.2, 0) is 21.8 Å². The van der Waals surface area contributed by atoms with E-state index in [1.807, 2.05) is 43.3 Å². The highest BCUT2D eigenvalue weighted by molar-refractivity contribution is 7.87. The van der Waals surface area contributed by atoms with E-state index in [4.69, 9.17) is 23.7 Å². The summed E-state index contributed by atoms with van der Waals surface area (Å²) in [5.41, 5.74) is 4.52. The zero-order valence-corrected chi connectivity index (χ0v) is 20.3. The fourth-order valence-electron chi connectivity index (χ4n) is 3.98. The first-order valence-electron chi connectivity index (χ1n) is 11.0. The Morgan fingerprint density at radius 2 is 1.82 bits per heavy atom. The molecule has 1 saturated heterocycles. The van der Waals surface area contributed by atoms with Crippen molar-refractivity contribution < 1.29 is 19.0 Å². The van der Waals surface area contributed by atoms with Crippen LogP contribution in [0.5, 0.6) is 11.5 Å². The molecule has 1 N–H and O–H groups in total. The van der Waals surface area contributed by atoms with E-state index in [0.717, 1.165) is 47.1 Å². The Balaban J connectivity index is 1.78. The van der Waals surface area contributed by atoms with Gasteiger partial charge in [0.05, 0.1) is 44.9 Å². The maximum Gasteiger partial charge on any atom is 0.337 e. The molecule has 2 amide bonds. The predicted molar refractivity (Wildman–Crippen MR) is 131 cm³/mol. The van der Waals surface area contributed by atoms with Gasteiger partial charge in [0.15, 0.2) is 11.5 Å². The third kappa shape index (κ3) is 5.04. The second kappa shape index (κ2) is 10.4. The van der Waals surface area contributed by atoms with Crippen LogP contribution in [0.15, 0.2) is 45.9 Å².